The number of H-pyrrole nitrogens is 1. The number of halogens is 1. The summed E-state index contributed by atoms with van der Waals surface area (Å²) in [6.45, 7) is 1.73. The second-order valence-corrected chi connectivity index (χ2v) is 5.39. The molecule has 0 saturated carbocycles. The lowest BCUT2D eigenvalue weighted by molar-refractivity contribution is -0.148. The third-order valence-electron chi connectivity index (χ3n) is 3.93. The fourth-order valence-electron chi connectivity index (χ4n) is 2.82. The standard InChI is InChI=1S/C15H13FN2O4/c1-7-4-12(15(21)22)18(7)14(20)10-6-13(19)17-11-3-2-8(16)5-9(10)11/h2-3,5-7,12H,4H2,1H3,(H,17,19)(H,21,22). The van der Waals surface area contributed by atoms with E-state index in [9.17, 15) is 18.8 Å². The fraction of sp³-hybridized carbons (Fsp3) is 0.267. The summed E-state index contributed by atoms with van der Waals surface area (Å²) in [7, 11) is 0. The summed E-state index contributed by atoms with van der Waals surface area (Å²) in [5.41, 5.74) is -0.157. The largest absolute Gasteiger partial charge is 0.480 e. The average Bonchev–Trinajstić information content (AvgIpc) is 2.43. The molecule has 1 saturated heterocycles. The van der Waals surface area contributed by atoms with Crippen LogP contribution in [0.5, 0.6) is 0 Å². The van der Waals surface area contributed by atoms with Crippen LogP contribution in [0.1, 0.15) is 23.7 Å². The zero-order chi connectivity index (χ0) is 16.0. The summed E-state index contributed by atoms with van der Waals surface area (Å²) in [5.74, 6) is -2.21. The summed E-state index contributed by atoms with van der Waals surface area (Å²) in [6.07, 6.45) is 0.358. The van der Waals surface area contributed by atoms with E-state index < -0.39 is 29.3 Å². The molecule has 6 nitrogen and oxygen atoms in total. The molecule has 114 valence electrons. The Morgan fingerprint density at radius 1 is 1.36 bits per heavy atom. The minimum absolute atomic E-state index is 0.0102. The van der Waals surface area contributed by atoms with Gasteiger partial charge in [-0.2, -0.15) is 0 Å². The van der Waals surface area contributed by atoms with E-state index >= 15 is 0 Å². The molecule has 22 heavy (non-hydrogen) atoms. The van der Waals surface area contributed by atoms with Crippen LogP contribution in [0.4, 0.5) is 4.39 Å². The molecule has 1 amide bonds. The first-order chi connectivity index (χ1) is 10.4. The first-order valence-electron chi connectivity index (χ1n) is 6.76. The van der Waals surface area contributed by atoms with Crippen LogP contribution in [0.15, 0.2) is 29.1 Å². The zero-order valence-electron chi connectivity index (χ0n) is 11.7. The number of rotatable bonds is 2. The third kappa shape index (κ3) is 2.14. The molecule has 1 aromatic heterocycles. The molecule has 0 radical (unpaired) electrons. The average molecular weight is 304 g/mol. The molecule has 2 unspecified atom stereocenters. The van der Waals surface area contributed by atoms with E-state index in [1.54, 1.807) is 6.92 Å². The Labute approximate surface area is 124 Å². The number of aromatic nitrogens is 1. The van der Waals surface area contributed by atoms with E-state index in [2.05, 4.69) is 4.98 Å². The van der Waals surface area contributed by atoms with Crippen LogP contribution < -0.4 is 5.56 Å². The Morgan fingerprint density at radius 3 is 2.73 bits per heavy atom. The minimum atomic E-state index is -1.09. The Bertz CT molecular complexity index is 845. The Kier molecular flexibility index (Phi) is 3.20. The van der Waals surface area contributed by atoms with Gasteiger partial charge < -0.3 is 15.0 Å². The number of hydrogen-bond acceptors (Lipinski definition) is 3. The van der Waals surface area contributed by atoms with Gasteiger partial charge in [0.25, 0.3) is 5.91 Å². The maximum Gasteiger partial charge on any atom is 0.326 e. The molecular weight excluding hydrogens is 291 g/mol. The first kappa shape index (κ1) is 14.2. The minimum Gasteiger partial charge on any atom is -0.480 e. The first-order valence-corrected chi connectivity index (χ1v) is 6.76. The molecule has 1 aromatic carbocycles. The molecule has 7 heteroatoms. The highest BCUT2D eigenvalue weighted by Gasteiger charge is 2.44. The van der Waals surface area contributed by atoms with Crippen molar-refractivity contribution in [1.82, 2.24) is 9.88 Å². The number of carboxylic acid groups (broad SMARTS) is 1. The van der Waals surface area contributed by atoms with Crippen LogP contribution in [-0.4, -0.2) is 39.0 Å². The van der Waals surface area contributed by atoms with E-state index in [-0.39, 0.29) is 17.0 Å². The molecule has 3 rings (SSSR count). The number of nitrogens with one attached hydrogen (secondary N) is 1. The van der Waals surface area contributed by atoms with Crippen molar-refractivity contribution >= 4 is 22.8 Å². The maximum atomic E-state index is 13.4. The van der Waals surface area contributed by atoms with E-state index in [0.717, 1.165) is 12.1 Å². The highest BCUT2D eigenvalue weighted by atomic mass is 19.1. The summed E-state index contributed by atoms with van der Waals surface area (Å²) in [5, 5.41) is 9.36. The van der Waals surface area contributed by atoms with Gasteiger partial charge in [-0.05, 0) is 31.5 Å². The van der Waals surface area contributed by atoms with Crippen molar-refractivity contribution in [3.8, 4) is 0 Å². The van der Waals surface area contributed by atoms with Gasteiger partial charge in [0.2, 0.25) is 5.56 Å². The summed E-state index contributed by atoms with van der Waals surface area (Å²) in [4.78, 5) is 39.2. The monoisotopic (exact) mass is 304 g/mol. The number of likely N-dealkylation sites (tertiary alicyclic amines) is 1. The van der Waals surface area contributed by atoms with Gasteiger partial charge in [-0.3, -0.25) is 9.59 Å². The lowest BCUT2D eigenvalue weighted by atomic mass is 9.92. The van der Waals surface area contributed by atoms with Crippen molar-refractivity contribution in [1.29, 1.82) is 0 Å². The van der Waals surface area contributed by atoms with E-state index in [1.807, 2.05) is 0 Å². The number of benzene rings is 1. The highest BCUT2D eigenvalue weighted by Crippen LogP contribution is 2.29. The van der Waals surface area contributed by atoms with Crippen LogP contribution in [0.2, 0.25) is 0 Å². The molecule has 2 aromatic rings. The summed E-state index contributed by atoms with van der Waals surface area (Å²) in [6, 6.07) is 3.63. The SMILES string of the molecule is CC1CC(C(=O)O)N1C(=O)c1cc(=O)[nH]c2ccc(F)cc12. The lowest BCUT2D eigenvalue weighted by Crippen LogP contribution is -2.60. The summed E-state index contributed by atoms with van der Waals surface area (Å²) < 4.78 is 13.4. The quantitative estimate of drug-likeness (QED) is 0.876. The van der Waals surface area contributed by atoms with Crippen LogP contribution in [0.25, 0.3) is 10.9 Å². The topological polar surface area (TPSA) is 90.5 Å². The van der Waals surface area contributed by atoms with Crippen LogP contribution in [0.3, 0.4) is 0 Å². The molecule has 0 aliphatic carbocycles. The van der Waals surface area contributed by atoms with Crippen molar-refractivity contribution in [2.45, 2.75) is 25.4 Å². The lowest BCUT2D eigenvalue weighted by Gasteiger charge is -2.44. The second kappa shape index (κ2) is 4.94. The number of fused-ring (bicyclic) bond motifs is 1. The van der Waals surface area contributed by atoms with E-state index in [1.165, 1.54) is 17.0 Å². The number of carbonyl (C=O) groups excluding carboxylic acids is 1. The van der Waals surface area contributed by atoms with E-state index in [0.29, 0.717) is 11.9 Å². The van der Waals surface area contributed by atoms with Gasteiger partial charge in [0, 0.05) is 23.0 Å². The zero-order valence-corrected chi connectivity index (χ0v) is 11.7. The molecule has 2 N–H and O–H groups in total. The molecule has 2 atom stereocenters. The smallest absolute Gasteiger partial charge is 0.326 e. The number of aromatic amines is 1. The number of amides is 1. The fourth-order valence-corrected chi connectivity index (χ4v) is 2.82. The number of carbonyl (C=O) groups is 2. The van der Waals surface area contributed by atoms with Crippen molar-refractivity contribution in [3.05, 3.63) is 46.0 Å². The highest BCUT2D eigenvalue weighted by molar-refractivity contribution is 6.07. The van der Waals surface area contributed by atoms with Crippen LogP contribution >= 0.6 is 0 Å². The van der Waals surface area contributed by atoms with Gasteiger partial charge >= 0.3 is 5.97 Å². The van der Waals surface area contributed by atoms with Gasteiger partial charge in [0.15, 0.2) is 0 Å². The number of aliphatic carboxylic acids is 1. The van der Waals surface area contributed by atoms with Gasteiger partial charge in [0.1, 0.15) is 11.9 Å². The Hall–Kier alpha value is -2.70. The normalized spacial score (nSPS) is 20.7. The predicted octanol–water partition coefficient (Wildman–Crippen LogP) is 1.35. The molecule has 1 aliphatic rings. The van der Waals surface area contributed by atoms with Crippen molar-refractivity contribution in [3.63, 3.8) is 0 Å². The van der Waals surface area contributed by atoms with Crippen LogP contribution in [0, 0.1) is 5.82 Å². The second-order valence-electron chi connectivity index (χ2n) is 5.39. The molecule has 0 spiro atoms. The maximum absolute atomic E-state index is 13.4. The summed E-state index contributed by atoms with van der Waals surface area (Å²) >= 11 is 0. The number of pyridine rings is 1. The van der Waals surface area contributed by atoms with E-state index in [4.69, 9.17) is 5.11 Å². The van der Waals surface area contributed by atoms with Gasteiger partial charge in [-0.15, -0.1) is 0 Å². The molecule has 1 fully saturated rings. The Morgan fingerprint density at radius 2 is 2.09 bits per heavy atom. The third-order valence-corrected chi connectivity index (χ3v) is 3.93. The molecule has 1 aliphatic heterocycles. The molecule has 2 heterocycles. The number of hydrogen-bond donors (Lipinski definition) is 2. The van der Waals surface area contributed by atoms with Crippen LogP contribution in [-0.2, 0) is 4.79 Å². The van der Waals surface area contributed by atoms with Crippen molar-refractivity contribution in [2.24, 2.45) is 0 Å². The Balaban J connectivity index is 2.13. The predicted molar refractivity (Wildman–Crippen MR) is 76.2 cm³/mol. The van der Waals surface area contributed by atoms with Crippen molar-refractivity contribution in [2.75, 3.05) is 0 Å². The van der Waals surface area contributed by atoms with Gasteiger partial charge in [0.05, 0.1) is 5.56 Å². The number of carboxylic acids is 1. The van der Waals surface area contributed by atoms with Gasteiger partial charge in [-0.25, -0.2) is 9.18 Å². The molecule has 0 bridgehead atoms. The number of nitrogens with zero attached hydrogens (tertiary/aromatic N) is 1. The van der Waals surface area contributed by atoms with Crippen molar-refractivity contribution < 1.29 is 19.1 Å². The molecular formula is C15H13FN2O4. The van der Waals surface area contributed by atoms with Gasteiger partial charge in [-0.1, -0.05) is 0 Å².